The second-order valence-corrected chi connectivity index (χ2v) is 4.94. The summed E-state index contributed by atoms with van der Waals surface area (Å²) in [5.41, 5.74) is 0.970. The number of aliphatic hydroxyl groups is 1. The fraction of sp³-hybridized carbons (Fsp3) is 0.500. The lowest BCUT2D eigenvalue weighted by Gasteiger charge is -2.26. The molecule has 1 aromatic carbocycles. The van der Waals surface area contributed by atoms with Gasteiger partial charge in [-0.2, -0.15) is 0 Å². The average Bonchev–Trinajstić information content (AvgIpc) is 2.60. The van der Waals surface area contributed by atoms with Crippen LogP contribution in [0.2, 0.25) is 10.0 Å². The molecule has 0 aliphatic carbocycles. The van der Waals surface area contributed by atoms with Crippen molar-refractivity contribution < 1.29 is 5.11 Å². The van der Waals surface area contributed by atoms with Gasteiger partial charge in [0.05, 0.1) is 12.1 Å². The summed E-state index contributed by atoms with van der Waals surface area (Å²) in [6.07, 6.45) is 0.468. The van der Waals surface area contributed by atoms with Crippen LogP contribution >= 0.6 is 23.2 Å². The van der Waals surface area contributed by atoms with Crippen LogP contribution in [0.3, 0.4) is 0 Å². The summed E-state index contributed by atoms with van der Waals surface area (Å²) in [6, 6.07) is 5.47. The van der Waals surface area contributed by atoms with Crippen molar-refractivity contribution in [2.24, 2.45) is 0 Å². The smallest absolute Gasteiger partial charge is 0.0749 e. The van der Waals surface area contributed by atoms with Crippen LogP contribution in [0.1, 0.15) is 24.9 Å². The highest BCUT2D eigenvalue weighted by molar-refractivity contribution is 6.35. The number of hydrogen-bond acceptors (Lipinski definition) is 2. The minimum atomic E-state index is -0.335. The number of halogens is 2. The highest BCUT2D eigenvalue weighted by atomic mass is 35.5. The molecule has 2 unspecified atom stereocenters. The largest absolute Gasteiger partial charge is 0.391 e. The molecule has 0 radical (unpaired) electrons. The maximum atomic E-state index is 10.0. The Morgan fingerprint density at radius 3 is 2.81 bits per heavy atom. The van der Waals surface area contributed by atoms with E-state index in [4.69, 9.17) is 23.2 Å². The van der Waals surface area contributed by atoms with Crippen LogP contribution in [0.15, 0.2) is 18.2 Å². The third kappa shape index (κ3) is 2.21. The summed E-state index contributed by atoms with van der Waals surface area (Å²) < 4.78 is 0. The lowest BCUT2D eigenvalue weighted by atomic mass is 10.0. The number of aliphatic hydroxyl groups excluding tert-OH is 1. The second kappa shape index (κ2) is 4.92. The molecule has 2 nitrogen and oxygen atoms in total. The monoisotopic (exact) mass is 259 g/mol. The summed E-state index contributed by atoms with van der Waals surface area (Å²) in [5.74, 6) is 0. The van der Waals surface area contributed by atoms with Gasteiger partial charge in [-0.05, 0) is 30.7 Å². The molecule has 0 saturated carbocycles. The molecular weight excluding hydrogens is 245 g/mol. The van der Waals surface area contributed by atoms with Gasteiger partial charge in [0.15, 0.2) is 0 Å². The van der Waals surface area contributed by atoms with E-state index in [1.807, 2.05) is 12.1 Å². The van der Waals surface area contributed by atoms with Gasteiger partial charge >= 0.3 is 0 Å². The van der Waals surface area contributed by atoms with Gasteiger partial charge in [-0.3, -0.25) is 4.90 Å². The lowest BCUT2D eigenvalue weighted by molar-refractivity contribution is 0.119. The van der Waals surface area contributed by atoms with Crippen molar-refractivity contribution in [1.82, 2.24) is 4.90 Å². The predicted octanol–water partition coefficient (Wildman–Crippen LogP) is 3.12. The Kier molecular flexibility index (Phi) is 3.75. The molecule has 16 heavy (non-hydrogen) atoms. The van der Waals surface area contributed by atoms with Crippen molar-refractivity contribution in [1.29, 1.82) is 0 Å². The SMILES string of the molecule is CCN1CCC(O)C1c1ccc(Cl)cc1Cl. The first-order valence-corrected chi connectivity index (χ1v) is 6.26. The zero-order valence-corrected chi connectivity index (χ0v) is 10.7. The molecule has 1 fully saturated rings. The molecule has 0 bridgehead atoms. The van der Waals surface area contributed by atoms with Crippen LogP contribution in [0, 0.1) is 0 Å². The third-order valence-corrected chi connectivity index (χ3v) is 3.72. The summed E-state index contributed by atoms with van der Waals surface area (Å²) in [6.45, 7) is 3.93. The van der Waals surface area contributed by atoms with Gasteiger partial charge < -0.3 is 5.11 Å². The average molecular weight is 260 g/mol. The fourth-order valence-electron chi connectivity index (χ4n) is 2.34. The van der Waals surface area contributed by atoms with E-state index in [0.717, 1.165) is 25.1 Å². The molecule has 1 saturated heterocycles. The molecule has 4 heteroatoms. The summed E-state index contributed by atoms with van der Waals surface area (Å²) in [7, 11) is 0. The Morgan fingerprint density at radius 1 is 1.44 bits per heavy atom. The first-order valence-electron chi connectivity index (χ1n) is 5.50. The van der Waals surface area contributed by atoms with Crippen LogP contribution in [0.5, 0.6) is 0 Å². The molecule has 1 aromatic rings. The maximum Gasteiger partial charge on any atom is 0.0749 e. The highest BCUT2D eigenvalue weighted by Crippen LogP contribution is 2.36. The topological polar surface area (TPSA) is 23.5 Å². The fourth-order valence-corrected chi connectivity index (χ4v) is 2.86. The van der Waals surface area contributed by atoms with Gasteiger partial charge in [-0.15, -0.1) is 0 Å². The Hall–Kier alpha value is -0.280. The Morgan fingerprint density at radius 2 is 2.19 bits per heavy atom. The van der Waals surface area contributed by atoms with Gasteiger partial charge in [0.2, 0.25) is 0 Å². The molecule has 1 heterocycles. The van der Waals surface area contributed by atoms with Crippen LogP contribution < -0.4 is 0 Å². The number of hydrogen-bond donors (Lipinski definition) is 1. The van der Waals surface area contributed by atoms with Crippen LogP contribution in [0.25, 0.3) is 0 Å². The van der Waals surface area contributed by atoms with Crippen molar-refractivity contribution in [2.45, 2.75) is 25.5 Å². The van der Waals surface area contributed by atoms with Gasteiger partial charge in [0, 0.05) is 16.6 Å². The van der Waals surface area contributed by atoms with Gasteiger partial charge in [-0.25, -0.2) is 0 Å². The Balaban J connectivity index is 2.34. The first kappa shape index (κ1) is 12.2. The molecule has 88 valence electrons. The third-order valence-electron chi connectivity index (χ3n) is 3.16. The molecular formula is C12H15Cl2NO. The quantitative estimate of drug-likeness (QED) is 0.883. The number of benzene rings is 1. The van der Waals surface area contributed by atoms with Gasteiger partial charge in [-0.1, -0.05) is 36.2 Å². The van der Waals surface area contributed by atoms with E-state index in [1.54, 1.807) is 6.07 Å². The molecule has 0 aromatic heterocycles. The van der Waals surface area contributed by atoms with Crippen LogP contribution in [0.4, 0.5) is 0 Å². The van der Waals surface area contributed by atoms with E-state index >= 15 is 0 Å². The van der Waals surface area contributed by atoms with E-state index in [1.165, 1.54) is 0 Å². The van der Waals surface area contributed by atoms with E-state index in [9.17, 15) is 5.11 Å². The molecule has 1 aliphatic heterocycles. The van der Waals surface area contributed by atoms with E-state index in [2.05, 4.69) is 11.8 Å². The Labute approximate surface area is 106 Å². The Bertz CT molecular complexity index is 383. The second-order valence-electron chi connectivity index (χ2n) is 4.10. The number of nitrogens with zero attached hydrogens (tertiary/aromatic N) is 1. The summed E-state index contributed by atoms with van der Waals surface area (Å²) >= 11 is 12.0. The summed E-state index contributed by atoms with van der Waals surface area (Å²) in [4.78, 5) is 2.24. The minimum Gasteiger partial charge on any atom is -0.391 e. The minimum absolute atomic E-state index is 0.00904. The molecule has 1 N–H and O–H groups in total. The molecule has 2 rings (SSSR count). The lowest BCUT2D eigenvalue weighted by Crippen LogP contribution is -2.27. The predicted molar refractivity (Wildman–Crippen MR) is 67.1 cm³/mol. The molecule has 1 aliphatic rings. The van der Waals surface area contributed by atoms with Crippen molar-refractivity contribution in [3.63, 3.8) is 0 Å². The zero-order valence-electron chi connectivity index (χ0n) is 9.16. The van der Waals surface area contributed by atoms with Crippen molar-refractivity contribution in [3.8, 4) is 0 Å². The normalized spacial score (nSPS) is 26.2. The van der Waals surface area contributed by atoms with Crippen molar-refractivity contribution in [2.75, 3.05) is 13.1 Å². The van der Waals surface area contributed by atoms with Crippen LogP contribution in [-0.4, -0.2) is 29.2 Å². The van der Waals surface area contributed by atoms with Gasteiger partial charge in [0.25, 0.3) is 0 Å². The van der Waals surface area contributed by atoms with Crippen molar-refractivity contribution >= 4 is 23.2 Å². The van der Waals surface area contributed by atoms with Gasteiger partial charge in [0.1, 0.15) is 0 Å². The standard InChI is InChI=1S/C12H15Cl2NO/c1-2-15-6-5-11(16)12(15)9-4-3-8(13)7-10(9)14/h3-4,7,11-12,16H,2,5-6H2,1H3. The molecule has 0 spiro atoms. The van der Waals surface area contributed by atoms with E-state index < -0.39 is 0 Å². The summed E-state index contributed by atoms with van der Waals surface area (Å²) in [5, 5.41) is 11.3. The number of likely N-dealkylation sites (tertiary alicyclic amines) is 1. The zero-order chi connectivity index (χ0) is 11.7. The number of rotatable bonds is 2. The first-order chi connectivity index (χ1) is 7.63. The molecule has 2 atom stereocenters. The van der Waals surface area contributed by atoms with Crippen LogP contribution in [-0.2, 0) is 0 Å². The highest BCUT2D eigenvalue weighted by Gasteiger charge is 2.34. The van der Waals surface area contributed by atoms with E-state index in [0.29, 0.717) is 10.0 Å². The maximum absolute atomic E-state index is 10.0. The van der Waals surface area contributed by atoms with Crippen molar-refractivity contribution in [3.05, 3.63) is 33.8 Å². The number of likely N-dealkylation sites (N-methyl/N-ethyl adjacent to an activating group) is 1. The van der Waals surface area contributed by atoms with E-state index in [-0.39, 0.29) is 12.1 Å². The molecule has 0 amide bonds.